The summed E-state index contributed by atoms with van der Waals surface area (Å²) in [7, 11) is 0. The second-order valence-electron chi connectivity index (χ2n) is 5.91. The van der Waals surface area contributed by atoms with Gasteiger partial charge in [-0.15, -0.1) is 11.8 Å². The number of carbonyl (C=O) groups is 1. The monoisotopic (exact) mass is 387 g/mol. The Labute approximate surface area is 161 Å². The molecule has 0 aromatic heterocycles. The van der Waals surface area contributed by atoms with Crippen molar-refractivity contribution < 1.29 is 19.7 Å². The second-order valence-corrected chi connectivity index (χ2v) is 7.99. The van der Waals surface area contributed by atoms with Crippen molar-refractivity contribution in [3.8, 4) is 11.8 Å². The first-order chi connectivity index (χ1) is 12.5. The molecule has 7 heteroatoms. The molecule has 0 saturated carbocycles. The molecule has 26 heavy (non-hydrogen) atoms. The number of nitrogens with zero attached hydrogens (tertiary/aromatic N) is 1. The van der Waals surface area contributed by atoms with Crippen molar-refractivity contribution in [3.05, 3.63) is 65.2 Å². The molecule has 0 bridgehead atoms. The van der Waals surface area contributed by atoms with Crippen LogP contribution in [-0.4, -0.2) is 44.6 Å². The van der Waals surface area contributed by atoms with E-state index in [4.69, 9.17) is 10.00 Å². The average Bonchev–Trinajstić information content (AvgIpc) is 2.68. The van der Waals surface area contributed by atoms with Gasteiger partial charge in [0.1, 0.15) is 18.0 Å². The average molecular weight is 387 g/mol. The first-order valence-electron chi connectivity index (χ1n) is 7.97. The van der Waals surface area contributed by atoms with Crippen LogP contribution >= 0.6 is 24.4 Å². The quantitative estimate of drug-likeness (QED) is 0.551. The summed E-state index contributed by atoms with van der Waals surface area (Å²) in [5, 5.41) is 28.7. The number of thiol groups is 1. The van der Waals surface area contributed by atoms with Crippen LogP contribution < -0.4 is 4.74 Å². The van der Waals surface area contributed by atoms with E-state index in [1.807, 2.05) is 6.07 Å². The Morgan fingerprint density at radius 1 is 1.12 bits per heavy atom. The summed E-state index contributed by atoms with van der Waals surface area (Å²) in [6.07, 6.45) is -2.52. The van der Waals surface area contributed by atoms with Crippen molar-refractivity contribution in [3.63, 3.8) is 0 Å². The highest BCUT2D eigenvalue weighted by atomic mass is 32.2. The molecule has 0 amide bonds. The largest absolute Gasteiger partial charge is 0.486 e. The molecule has 1 fully saturated rings. The molecule has 1 aliphatic rings. The highest BCUT2D eigenvalue weighted by Crippen LogP contribution is 2.32. The van der Waals surface area contributed by atoms with Crippen LogP contribution in [0.15, 0.2) is 48.5 Å². The highest BCUT2D eigenvalue weighted by Gasteiger charge is 2.38. The predicted molar refractivity (Wildman–Crippen MR) is 103 cm³/mol. The number of carbonyl (C=O) groups excluding carboxylic acids is 1. The maximum Gasteiger partial charge on any atom is 0.193 e. The molecule has 1 heterocycles. The Bertz CT molecular complexity index is 817. The number of benzene rings is 2. The fourth-order valence-corrected chi connectivity index (χ4v) is 4.10. The van der Waals surface area contributed by atoms with Gasteiger partial charge in [-0.3, -0.25) is 4.79 Å². The molecular weight excluding hydrogens is 370 g/mol. The number of nitriles is 1. The van der Waals surface area contributed by atoms with Crippen LogP contribution in [0.5, 0.6) is 5.75 Å². The number of hydrogen-bond acceptors (Lipinski definition) is 7. The third kappa shape index (κ3) is 4.05. The molecule has 0 radical (unpaired) electrons. The number of hydrogen-bond donors (Lipinski definition) is 3. The van der Waals surface area contributed by atoms with Crippen LogP contribution in [0.25, 0.3) is 0 Å². The van der Waals surface area contributed by atoms with E-state index in [0.717, 1.165) is 0 Å². The van der Waals surface area contributed by atoms with E-state index in [1.54, 1.807) is 48.5 Å². The molecule has 0 aliphatic carbocycles. The number of thioether (sulfide) groups is 1. The smallest absolute Gasteiger partial charge is 0.193 e. The van der Waals surface area contributed by atoms with E-state index in [9.17, 15) is 15.0 Å². The van der Waals surface area contributed by atoms with Crippen LogP contribution in [0.2, 0.25) is 0 Å². The lowest BCUT2D eigenvalue weighted by Crippen LogP contribution is -2.50. The van der Waals surface area contributed by atoms with Gasteiger partial charge in [-0.1, -0.05) is 0 Å². The van der Waals surface area contributed by atoms with Crippen LogP contribution in [0, 0.1) is 11.3 Å². The van der Waals surface area contributed by atoms with Gasteiger partial charge in [0, 0.05) is 16.9 Å². The minimum Gasteiger partial charge on any atom is -0.486 e. The molecule has 0 spiro atoms. The molecular formula is C19H17NO4S2. The van der Waals surface area contributed by atoms with Gasteiger partial charge in [0.15, 0.2) is 5.78 Å². The lowest BCUT2D eigenvalue weighted by molar-refractivity contribution is -0.0372. The Morgan fingerprint density at radius 2 is 1.69 bits per heavy atom. The van der Waals surface area contributed by atoms with Crippen molar-refractivity contribution in [2.45, 2.75) is 22.9 Å². The zero-order valence-electron chi connectivity index (χ0n) is 13.6. The molecule has 5 nitrogen and oxygen atoms in total. The topological polar surface area (TPSA) is 90.6 Å². The molecule has 4 atom stereocenters. The van der Waals surface area contributed by atoms with Crippen molar-refractivity contribution in [1.29, 1.82) is 5.26 Å². The maximum atomic E-state index is 12.5. The summed E-state index contributed by atoms with van der Waals surface area (Å²) in [6.45, 7) is 0. The van der Waals surface area contributed by atoms with Gasteiger partial charge in [-0.2, -0.15) is 17.9 Å². The number of aliphatic hydroxyl groups excluding tert-OH is 2. The SMILES string of the molecule is N#Cc1ccc(C(=O)c2ccc(O[C@@H]3[C@@H](O)[C@H](O)CS[C@H]3S)cc2)cc1. The van der Waals surface area contributed by atoms with Gasteiger partial charge in [0.05, 0.1) is 22.3 Å². The molecule has 0 unspecified atom stereocenters. The first kappa shape index (κ1) is 18.8. The number of aliphatic hydroxyl groups is 2. The second kappa shape index (κ2) is 8.14. The fraction of sp³-hybridized carbons (Fsp3) is 0.263. The Kier molecular flexibility index (Phi) is 5.89. The highest BCUT2D eigenvalue weighted by molar-refractivity contribution is 8.10. The Morgan fingerprint density at radius 3 is 2.27 bits per heavy atom. The van der Waals surface area contributed by atoms with Crippen LogP contribution in [0.1, 0.15) is 21.5 Å². The molecule has 2 aromatic rings. The van der Waals surface area contributed by atoms with E-state index in [1.165, 1.54) is 11.8 Å². The van der Waals surface area contributed by atoms with Crippen LogP contribution in [-0.2, 0) is 0 Å². The van der Waals surface area contributed by atoms with Crippen LogP contribution in [0.3, 0.4) is 0 Å². The Balaban J connectivity index is 1.71. The molecule has 3 rings (SSSR count). The molecule has 2 aromatic carbocycles. The van der Waals surface area contributed by atoms with E-state index in [-0.39, 0.29) is 10.4 Å². The summed E-state index contributed by atoms with van der Waals surface area (Å²) in [5.41, 5.74) is 1.48. The summed E-state index contributed by atoms with van der Waals surface area (Å²) in [5.74, 6) is 0.740. The van der Waals surface area contributed by atoms with Gasteiger partial charge in [-0.25, -0.2) is 0 Å². The van der Waals surface area contributed by atoms with E-state index >= 15 is 0 Å². The predicted octanol–water partition coefficient (Wildman–Crippen LogP) is 2.26. The van der Waals surface area contributed by atoms with Crippen molar-refractivity contribution >= 4 is 30.2 Å². The van der Waals surface area contributed by atoms with Crippen molar-refractivity contribution in [1.82, 2.24) is 0 Å². The standard InChI is InChI=1S/C19H17NO4S2/c20-9-11-1-3-12(4-2-11)16(22)13-5-7-14(8-6-13)24-18-17(23)15(21)10-26-19(18)25/h1-8,15,17-19,21,23,25H,10H2/t15-,17+,18-,19-/m1/s1. The summed E-state index contributed by atoms with van der Waals surface area (Å²) >= 11 is 5.81. The van der Waals surface area contributed by atoms with Crippen LogP contribution in [0.4, 0.5) is 0 Å². The maximum absolute atomic E-state index is 12.5. The molecule has 2 N–H and O–H groups in total. The summed E-state index contributed by atoms with van der Waals surface area (Å²) in [4.78, 5) is 12.5. The number of ketones is 1. The third-order valence-corrected chi connectivity index (χ3v) is 6.00. The number of ether oxygens (including phenoxy) is 1. The third-order valence-electron chi connectivity index (χ3n) is 4.11. The van der Waals surface area contributed by atoms with E-state index < -0.39 is 18.3 Å². The number of rotatable bonds is 4. The van der Waals surface area contributed by atoms with E-state index in [2.05, 4.69) is 12.6 Å². The minimum absolute atomic E-state index is 0.156. The van der Waals surface area contributed by atoms with Gasteiger partial charge >= 0.3 is 0 Å². The molecule has 1 saturated heterocycles. The summed E-state index contributed by atoms with van der Waals surface area (Å²) < 4.78 is 5.51. The van der Waals surface area contributed by atoms with Crippen molar-refractivity contribution in [2.24, 2.45) is 0 Å². The lowest BCUT2D eigenvalue weighted by Gasteiger charge is -2.35. The molecule has 134 valence electrons. The van der Waals surface area contributed by atoms with Gasteiger partial charge < -0.3 is 14.9 Å². The van der Waals surface area contributed by atoms with Gasteiger partial charge in [0.25, 0.3) is 0 Å². The van der Waals surface area contributed by atoms with Gasteiger partial charge in [-0.05, 0) is 48.5 Å². The summed E-state index contributed by atoms with van der Waals surface area (Å²) in [6, 6.07) is 15.0. The van der Waals surface area contributed by atoms with Gasteiger partial charge in [0.2, 0.25) is 0 Å². The van der Waals surface area contributed by atoms with Crippen molar-refractivity contribution in [2.75, 3.05) is 5.75 Å². The molecule has 1 aliphatic heterocycles. The normalized spacial score (nSPS) is 25.3. The van der Waals surface area contributed by atoms with E-state index in [0.29, 0.717) is 28.2 Å². The first-order valence-corrected chi connectivity index (χ1v) is 9.53. The lowest BCUT2D eigenvalue weighted by atomic mass is 10.0. The zero-order valence-corrected chi connectivity index (χ0v) is 15.4. The zero-order chi connectivity index (χ0) is 18.7. The minimum atomic E-state index is -1.02. The fourth-order valence-electron chi connectivity index (χ4n) is 2.61. The Hall–Kier alpha value is -1.98.